The Morgan fingerprint density at radius 2 is 1.80 bits per heavy atom. The van der Waals surface area contributed by atoms with Crippen LogP contribution in [0.3, 0.4) is 0 Å². The number of hydrogen-bond acceptors (Lipinski definition) is 3. The number of benzene rings is 1. The van der Waals surface area contributed by atoms with E-state index in [1.807, 2.05) is 25.1 Å². The molecule has 2 unspecified atom stereocenters. The molecule has 0 radical (unpaired) electrons. The van der Waals surface area contributed by atoms with Crippen LogP contribution >= 0.6 is 0 Å². The number of nitrogens with zero attached hydrogens (tertiary/aromatic N) is 1. The van der Waals surface area contributed by atoms with Crippen LogP contribution in [0, 0.1) is 13.8 Å². The van der Waals surface area contributed by atoms with E-state index < -0.39 is 0 Å². The summed E-state index contributed by atoms with van der Waals surface area (Å²) in [6.45, 7) is 4.08. The van der Waals surface area contributed by atoms with Gasteiger partial charge in [-0.2, -0.15) is 0 Å². The maximum atomic E-state index is 12.3. The number of aryl methyl sites for hydroxylation is 2. The molecule has 0 amide bonds. The number of hydrogen-bond donors (Lipinski definition) is 0. The Morgan fingerprint density at radius 1 is 1.15 bits per heavy atom. The number of carbonyl (C=O) groups is 1. The molecule has 108 valence electrons. The average molecular weight is 273 g/mol. The summed E-state index contributed by atoms with van der Waals surface area (Å²) in [4.78, 5) is 14.7. The highest BCUT2D eigenvalue weighted by atomic mass is 16.5. The van der Waals surface area contributed by atoms with Crippen LogP contribution in [0.5, 0.6) is 0 Å². The second kappa shape index (κ2) is 5.21. The zero-order chi connectivity index (χ0) is 14.3. The molecule has 3 nitrogen and oxygen atoms in total. The number of esters is 1. The maximum Gasteiger partial charge on any atom is 0.338 e. The summed E-state index contributed by atoms with van der Waals surface area (Å²) in [6.07, 6.45) is 4.57. The third-order valence-corrected chi connectivity index (χ3v) is 5.07. The van der Waals surface area contributed by atoms with Crippen molar-refractivity contribution in [1.82, 2.24) is 4.90 Å². The summed E-state index contributed by atoms with van der Waals surface area (Å²) in [6, 6.07) is 7.00. The van der Waals surface area contributed by atoms with Gasteiger partial charge < -0.3 is 9.64 Å². The van der Waals surface area contributed by atoms with Crippen molar-refractivity contribution in [2.75, 3.05) is 7.05 Å². The van der Waals surface area contributed by atoms with E-state index in [4.69, 9.17) is 4.74 Å². The van der Waals surface area contributed by atoms with Gasteiger partial charge in [0.05, 0.1) is 5.56 Å². The minimum atomic E-state index is -0.165. The molecule has 0 aromatic heterocycles. The van der Waals surface area contributed by atoms with E-state index in [2.05, 4.69) is 18.9 Å². The molecule has 1 aromatic rings. The van der Waals surface area contributed by atoms with Gasteiger partial charge in [-0.25, -0.2) is 4.79 Å². The molecule has 3 heteroatoms. The minimum absolute atomic E-state index is 0.0952. The number of ether oxygens (including phenoxy) is 1. The fourth-order valence-corrected chi connectivity index (χ4v) is 3.55. The van der Waals surface area contributed by atoms with Crippen LogP contribution in [0.4, 0.5) is 0 Å². The molecule has 0 saturated carbocycles. The van der Waals surface area contributed by atoms with E-state index in [9.17, 15) is 4.79 Å². The Kier molecular flexibility index (Phi) is 3.55. The quantitative estimate of drug-likeness (QED) is 0.776. The lowest BCUT2D eigenvalue weighted by atomic mass is 10.0. The van der Waals surface area contributed by atoms with E-state index in [1.54, 1.807) is 0 Å². The zero-order valence-electron chi connectivity index (χ0n) is 12.6. The van der Waals surface area contributed by atoms with Crippen LogP contribution in [0.2, 0.25) is 0 Å². The second-order valence-electron chi connectivity index (χ2n) is 6.35. The largest absolute Gasteiger partial charge is 0.459 e. The van der Waals surface area contributed by atoms with Gasteiger partial charge >= 0.3 is 5.97 Å². The first-order valence-corrected chi connectivity index (χ1v) is 7.55. The Bertz CT molecular complexity index is 512. The molecule has 1 aromatic carbocycles. The smallest absolute Gasteiger partial charge is 0.338 e. The van der Waals surface area contributed by atoms with E-state index >= 15 is 0 Å². The standard InChI is InChI=1S/C17H23NO2/c1-11-4-5-13(8-12(11)2)17(19)20-16-9-14-6-7-15(10-16)18(14)3/h4-5,8,14-16H,6-7,9-10H2,1-3H3. The van der Waals surface area contributed by atoms with E-state index in [1.165, 1.54) is 18.4 Å². The Balaban J connectivity index is 1.66. The van der Waals surface area contributed by atoms with Crippen molar-refractivity contribution in [2.45, 2.75) is 57.7 Å². The van der Waals surface area contributed by atoms with Crippen LogP contribution in [0.15, 0.2) is 18.2 Å². The number of piperidine rings is 1. The molecule has 2 atom stereocenters. The van der Waals surface area contributed by atoms with Crippen molar-refractivity contribution in [3.8, 4) is 0 Å². The molecular formula is C17H23NO2. The highest BCUT2D eigenvalue weighted by molar-refractivity contribution is 5.89. The topological polar surface area (TPSA) is 29.5 Å². The summed E-state index contributed by atoms with van der Waals surface area (Å²) in [5.74, 6) is -0.165. The molecule has 2 saturated heterocycles. The van der Waals surface area contributed by atoms with Gasteiger partial charge in [0.25, 0.3) is 0 Å². The predicted molar refractivity (Wildman–Crippen MR) is 78.9 cm³/mol. The van der Waals surface area contributed by atoms with E-state index in [0.717, 1.165) is 18.4 Å². The molecule has 2 heterocycles. The van der Waals surface area contributed by atoms with Crippen molar-refractivity contribution in [3.63, 3.8) is 0 Å². The second-order valence-corrected chi connectivity index (χ2v) is 6.35. The van der Waals surface area contributed by atoms with Gasteiger partial charge in [-0.15, -0.1) is 0 Å². The first-order chi connectivity index (χ1) is 9.54. The molecule has 2 aliphatic rings. The molecule has 2 fully saturated rings. The third kappa shape index (κ3) is 2.47. The SMILES string of the molecule is Cc1ccc(C(=O)OC2CC3CCC(C2)N3C)cc1C. The maximum absolute atomic E-state index is 12.3. The Hall–Kier alpha value is -1.35. The van der Waals surface area contributed by atoms with Crippen LogP contribution in [0.1, 0.15) is 47.2 Å². The van der Waals surface area contributed by atoms with Crippen LogP contribution in [-0.2, 0) is 4.74 Å². The predicted octanol–water partition coefficient (Wildman–Crippen LogP) is 3.09. The molecule has 0 N–H and O–H groups in total. The number of rotatable bonds is 2. The van der Waals surface area contributed by atoms with Gasteiger partial charge in [0.1, 0.15) is 6.10 Å². The van der Waals surface area contributed by atoms with Crippen molar-refractivity contribution in [1.29, 1.82) is 0 Å². The lowest BCUT2D eigenvalue weighted by Gasteiger charge is -2.35. The lowest BCUT2D eigenvalue weighted by Crippen LogP contribution is -2.43. The van der Waals surface area contributed by atoms with Gasteiger partial charge in [-0.05, 0) is 57.0 Å². The highest BCUT2D eigenvalue weighted by Gasteiger charge is 2.39. The highest BCUT2D eigenvalue weighted by Crippen LogP contribution is 2.35. The number of fused-ring (bicyclic) bond motifs is 2. The fourth-order valence-electron chi connectivity index (χ4n) is 3.55. The summed E-state index contributed by atoms with van der Waals surface area (Å²) in [5.41, 5.74) is 3.03. The molecule has 3 rings (SSSR count). The Labute approximate surface area is 120 Å². The first kappa shape index (κ1) is 13.6. The molecule has 0 spiro atoms. The van der Waals surface area contributed by atoms with Crippen molar-refractivity contribution >= 4 is 5.97 Å². The summed E-state index contributed by atoms with van der Waals surface area (Å²) in [7, 11) is 2.20. The first-order valence-electron chi connectivity index (χ1n) is 7.55. The van der Waals surface area contributed by atoms with Crippen molar-refractivity contribution in [2.24, 2.45) is 0 Å². The van der Waals surface area contributed by atoms with Crippen LogP contribution < -0.4 is 0 Å². The fraction of sp³-hybridized carbons (Fsp3) is 0.588. The summed E-state index contributed by atoms with van der Waals surface area (Å²) < 4.78 is 5.74. The molecule has 2 bridgehead atoms. The lowest BCUT2D eigenvalue weighted by molar-refractivity contribution is -0.000456. The van der Waals surface area contributed by atoms with Gasteiger partial charge in [0.15, 0.2) is 0 Å². The van der Waals surface area contributed by atoms with E-state index in [-0.39, 0.29) is 12.1 Å². The van der Waals surface area contributed by atoms with Crippen molar-refractivity contribution in [3.05, 3.63) is 34.9 Å². The number of carbonyl (C=O) groups excluding carboxylic acids is 1. The van der Waals surface area contributed by atoms with Gasteiger partial charge in [0.2, 0.25) is 0 Å². The minimum Gasteiger partial charge on any atom is -0.459 e. The zero-order valence-corrected chi connectivity index (χ0v) is 12.6. The summed E-state index contributed by atoms with van der Waals surface area (Å²) >= 11 is 0. The summed E-state index contributed by atoms with van der Waals surface area (Å²) in [5, 5.41) is 0. The Morgan fingerprint density at radius 3 is 2.40 bits per heavy atom. The monoisotopic (exact) mass is 273 g/mol. The van der Waals surface area contributed by atoms with Gasteiger partial charge in [0, 0.05) is 24.9 Å². The normalized spacial score (nSPS) is 29.4. The van der Waals surface area contributed by atoms with Gasteiger partial charge in [-0.1, -0.05) is 6.07 Å². The third-order valence-electron chi connectivity index (χ3n) is 5.07. The molecule has 20 heavy (non-hydrogen) atoms. The molecule has 0 aliphatic carbocycles. The average Bonchev–Trinajstić information content (AvgIpc) is 2.64. The van der Waals surface area contributed by atoms with Crippen molar-refractivity contribution < 1.29 is 9.53 Å². The molecule has 2 aliphatic heterocycles. The van der Waals surface area contributed by atoms with Crippen LogP contribution in [-0.4, -0.2) is 36.1 Å². The van der Waals surface area contributed by atoms with Gasteiger partial charge in [-0.3, -0.25) is 0 Å². The van der Waals surface area contributed by atoms with Crippen LogP contribution in [0.25, 0.3) is 0 Å². The van der Waals surface area contributed by atoms with E-state index in [0.29, 0.717) is 17.6 Å². The molecular weight excluding hydrogens is 250 g/mol.